The first-order valence-electron chi connectivity index (χ1n) is 6.28. The first-order chi connectivity index (χ1) is 10.3. The van der Waals surface area contributed by atoms with Crippen molar-refractivity contribution in [2.24, 2.45) is 0 Å². The standard InChI is InChI=1S/C14H13F3N2O3/c15-14(16,17)11-4-1-3-10(7-11)8-13(21)22-9-12(20)19-6-2-5-18/h1,3-4,7H,2,6,8-9H2,(H,19,20). The summed E-state index contributed by atoms with van der Waals surface area (Å²) in [5, 5.41) is 10.6. The number of hydrogen-bond acceptors (Lipinski definition) is 4. The maximum absolute atomic E-state index is 12.5. The number of carbonyl (C=O) groups excluding carboxylic acids is 2. The molecule has 0 unspecified atom stereocenters. The monoisotopic (exact) mass is 314 g/mol. The third kappa shape index (κ3) is 6.26. The van der Waals surface area contributed by atoms with Crippen molar-refractivity contribution in [2.45, 2.75) is 19.0 Å². The average molecular weight is 314 g/mol. The largest absolute Gasteiger partial charge is 0.455 e. The molecule has 0 bridgehead atoms. The number of amides is 1. The van der Waals surface area contributed by atoms with Crippen LogP contribution >= 0.6 is 0 Å². The van der Waals surface area contributed by atoms with Crippen LogP contribution in [0.15, 0.2) is 24.3 Å². The van der Waals surface area contributed by atoms with Crippen molar-refractivity contribution in [3.05, 3.63) is 35.4 Å². The number of benzene rings is 1. The molecule has 1 rings (SSSR count). The topological polar surface area (TPSA) is 79.2 Å². The van der Waals surface area contributed by atoms with Crippen molar-refractivity contribution in [2.75, 3.05) is 13.2 Å². The van der Waals surface area contributed by atoms with Crippen LogP contribution in [0.1, 0.15) is 17.5 Å². The second-order valence-corrected chi connectivity index (χ2v) is 4.29. The minimum Gasteiger partial charge on any atom is -0.455 e. The molecule has 0 atom stereocenters. The molecule has 0 saturated carbocycles. The lowest BCUT2D eigenvalue weighted by Crippen LogP contribution is -2.29. The molecule has 1 aromatic carbocycles. The van der Waals surface area contributed by atoms with E-state index in [0.717, 1.165) is 12.1 Å². The van der Waals surface area contributed by atoms with Gasteiger partial charge in [0.1, 0.15) is 0 Å². The Morgan fingerprint density at radius 3 is 2.68 bits per heavy atom. The molecule has 5 nitrogen and oxygen atoms in total. The number of nitriles is 1. The molecule has 0 saturated heterocycles. The summed E-state index contributed by atoms with van der Waals surface area (Å²) in [6, 6.07) is 6.14. The first-order valence-corrected chi connectivity index (χ1v) is 6.28. The summed E-state index contributed by atoms with van der Waals surface area (Å²) in [6.07, 6.45) is -4.72. The molecule has 118 valence electrons. The molecule has 0 aromatic heterocycles. The Bertz CT molecular complexity index is 579. The van der Waals surface area contributed by atoms with Gasteiger partial charge in [0.15, 0.2) is 6.61 Å². The van der Waals surface area contributed by atoms with Crippen LogP contribution in [-0.4, -0.2) is 25.0 Å². The smallest absolute Gasteiger partial charge is 0.416 e. The second-order valence-electron chi connectivity index (χ2n) is 4.29. The minimum atomic E-state index is -4.49. The Morgan fingerprint density at radius 2 is 2.05 bits per heavy atom. The van der Waals surface area contributed by atoms with Gasteiger partial charge in [-0.05, 0) is 11.6 Å². The SMILES string of the molecule is N#CCCNC(=O)COC(=O)Cc1cccc(C(F)(F)F)c1. The normalized spacial score (nSPS) is 10.6. The Balaban J connectivity index is 2.46. The lowest BCUT2D eigenvalue weighted by atomic mass is 10.1. The van der Waals surface area contributed by atoms with Gasteiger partial charge < -0.3 is 10.1 Å². The third-order valence-electron chi connectivity index (χ3n) is 2.53. The fourth-order valence-corrected chi connectivity index (χ4v) is 1.53. The number of halogens is 3. The van der Waals surface area contributed by atoms with E-state index in [2.05, 4.69) is 10.1 Å². The Labute approximate surface area is 124 Å². The van der Waals surface area contributed by atoms with Gasteiger partial charge in [0.05, 0.1) is 24.5 Å². The molecule has 22 heavy (non-hydrogen) atoms. The fraction of sp³-hybridized carbons (Fsp3) is 0.357. The molecule has 1 N–H and O–H groups in total. The van der Waals surface area contributed by atoms with Crippen molar-refractivity contribution in [1.82, 2.24) is 5.32 Å². The lowest BCUT2D eigenvalue weighted by molar-refractivity contribution is -0.148. The molecule has 1 amide bonds. The highest BCUT2D eigenvalue weighted by Gasteiger charge is 2.30. The predicted octanol–water partition coefficient (Wildman–Crippen LogP) is 1.82. The van der Waals surface area contributed by atoms with Crippen LogP contribution in [0.25, 0.3) is 0 Å². The highest BCUT2D eigenvalue weighted by atomic mass is 19.4. The van der Waals surface area contributed by atoms with Gasteiger partial charge in [0.25, 0.3) is 5.91 Å². The molecule has 8 heteroatoms. The molecule has 0 aliphatic rings. The summed E-state index contributed by atoms with van der Waals surface area (Å²) < 4.78 is 42.2. The van der Waals surface area contributed by atoms with E-state index >= 15 is 0 Å². The van der Waals surface area contributed by atoms with Gasteiger partial charge >= 0.3 is 12.1 Å². The first kappa shape index (κ1) is 17.5. The van der Waals surface area contributed by atoms with Gasteiger partial charge in [-0.2, -0.15) is 18.4 Å². The lowest BCUT2D eigenvalue weighted by Gasteiger charge is -2.09. The van der Waals surface area contributed by atoms with E-state index in [1.807, 2.05) is 6.07 Å². The van der Waals surface area contributed by atoms with Crippen molar-refractivity contribution >= 4 is 11.9 Å². The summed E-state index contributed by atoms with van der Waals surface area (Å²) >= 11 is 0. The van der Waals surface area contributed by atoms with Crippen LogP contribution in [0.2, 0.25) is 0 Å². The Hall–Kier alpha value is -2.56. The van der Waals surface area contributed by atoms with Crippen LogP contribution in [0, 0.1) is 11.3 Å². The Kier molecular flexibility index (Phi) is 6.38. The zero-order chi connectivity index (χ0) is 16.6. The molecule has 0 radical (unpaired) electrons. The van der Waals surface area contributed by atoms with E-state index in [4.69, 9.17) is 5.26 Å². The number of esters is 1. The van der Waals surface area contributed by atoms with Crippen molar-refractivity contribution in [3.8, 4) is 6.07 Å². The average Bonchev–Trinajstić information content (AvgIpc) is 2.45. The van der Waals surface area contributed by atoms with Gasteiger partial charge in [-0.1, -0.05) is 18.2 Å². The summed E-state index contributed by atoms with van der Waals surface area (Å²) in [6.45, 7) is -0.399. The highest BCUT2D eigenvalue weighted by molar-refractivity contribution is 5.81. The van der Waals surface area contributed by atoms with Crippen molar-refractivity contribution in [1.29, 1.82) is 5.26 Å². The summed E-state index contributed by atoms with van der Waals surface area (Å²) in [5.41, 5.74) is -0.711. The maximum atomic E-state index is 12.5. The van der Waals surface area contributed by atoms with E-state index in [-0.39, 0.29) is 24.9 Å². The number of carbonyl (C=O) groups is 2. The number of rotatable bonds is 6. The van der Waals surface area contributed by atoms with E-state index in [1.165, 1.54) is 12.1 Å². The van der Waals surface area contributed by atoms with Crippen LogP contribution in [0.3, 0.4) is 0 Å². The van der Waals surface area contributed by atoms with Crippen LogP contribution in [0.4, 0.5) is 13.2 Å². The zero-order valence-corrected chi connectivity index (χ0v) is 11.4. The fourth-order valence-electron chi connectivity index (χ4n) is 1.53. The number of ether oxygens (including phenoxy) is 1. The van der Waals surface area contributed by atoms with Crippen molar-refractivity contribution in [3.63, 3.8) is 0 Å². The Morgan fingerprint density at radius 1 is 1.32 bits per heavy atom. The molecule has 0 aliphatic heterocycles. The highest BCUT2D eigenvalue weighted by Crippen LogP contribution is 2.29. The minimum absolute atomic E-state index is 0.129. The predicted molar refractivity (Wildman–Crippen MR) is 69.3 cm³/mol. The molecule has 1 aromatic rings. The third-order valence-corrected chi connectivity index (χ3v) is 2.53. The number of nitrogens with zero attached hydrogens (tertiary/aromatic N) is 1. The van der Waals surface area contributed by atoms with Gasteiger partial charge in [0, 0.05) is 6.54 Å². The maximum Gasteiger partial charge on any atom is 0.416 e. The molecule has 0 aliphatic carbocycles. The van der Waals surface area contributed by atoms with Gasteiger partial charge in [-0.25, -0.2) is 0 Å². The van der Waals surface area contributed by atoms with Gasteiger partial charge in [-0.15, -0.1) is 0 Å². The number of alkyl halides is 3. The quantitative estimate of drug-likeness (QED) is 0.641. The van der Waals surface area contributed by atoms with E-state index in [1.54, 1.807) is 0 Å². The molecule has 0 heterocycles. The van der Waals surface area contributed by atoms with Crippen molar-refractivity contribution < 1.29 is 27.5 Å². The molecular formula is C14H13F3N2O3. The van der Waals surface area contributed by atoms with E-state index in [9.17, 15) is 22.8 Å². The van der Waals surface area contributed by atoms with Crippen LogP contribution < -0.4 is 5.32 Å². The van der Waals surface area contributed by atoms with Crippen LogP contribution in [0.5, 0.6) is 0 Å². The molecular weight excluding hydrogens is 301 g/mol. The zero-order valence-electron chi connectivity index (χ0n) is 11.4. The molecule has 0 spiro atoms. The van der Waals surface area contributed by atoms with Gasteiger partial charge in [-0.3, -0.25) is 9.59 Å². The summed E-state index contributed by atoms with van der Waals surface area (Å²) in [4.78, 5) is 22.7. The van der Waals surface area contributed by atoms with E-state index < -0.39 is 30.2 Å². The molecule has 0 fully saturated rings. The van der Waals surface area contributed by atoms with Gasteiger partial charge in [0.2, 0.25) is 0 Å². The number of hydrogen-bond donors (Lipinski definition) is 1. The second kappa shape index (κ2) is 8.02. The number of nitrogens with one attached hydrogen (secondary N) is 1. The van der Waals surface area contributed by atoms with Crippen LogP contribution in [-0.2, 0) is 26.9 Å². The summed E-state index contributed by atoms with van der Waals surface area (Å²) in [5.74, 6) is -1.39. The summed E-state index contributed by atoms with van der Waals surface area (Å²) in [7, 11) is 0. The van der Waals surface area contributed by atoms with E-state index in [0.29, 0.717) is 0 Å².